The molecule has 0 saturated carbocycles. The highest BCUT2D eigenvalue weighted by atomic mass is 35.5. The van der Waals surface area contributed by atoms with Gasteiger partial charge in [-0.3, -0.25) is 9.78 Å². The lowest BCUT2D eigenvalue weighted by Gasteiger charge is -2.31. The molecule has 1 amide bonds. The summed E-state index contributed by atoms with van der Waals surface area (Å²) in [5.41, 5.74) is 1.68. The van der Waals surface area contributed by atoms with Crippen molar-refractivity contribution in [3.05, 3.63) is 58.7 Å². The lowest BCUT2D eigenvalue weighted by atomic mass is 9.99. The average molecular weight is 537 g/mol. The molecule has 0 radical (unpaired) electrons. The van der Waals surface area contributed by atoms with Crippen LogP contribution in [0.25, 0.3) is 10.9 Å². The van der Waals surface area contributed by atoms with Gasteiger partial charge in [0.1, 0.15) is 10.6 Å². The van der Waals surface area contributed by atoms with Crippen molar-refractivity contribution in [2.75, 3.05) is 38.6 Å². The van der Waals surface area contributed by atoms with E-state index in [-0.39, 0.29) is 23.1 Å². The maximum Gasteiger partial charge on any atom is 0.246 e. The highest BCUT2D eigenvalue weighted by Gasteiger charge is 2.34. The Morgan fingerprint density at radius 3 is 2.71 bits per heavy atom. The number of piperidine rings is 1. The van der Waals surface area contributed by atoms with Crippen LogP contribution in [-0.2, 0) is 14.8 Å². The van der Waals surface area contributed by atoms with Gasteiger partial charge in [-0.25, -0.2) is 8.42 Å². The molecule has 186 valence electrons. The predicted molar refractivity (Wildman–Crippen MR) is 138 cm³/mol. The van der Waals surface area contributed by atoms with Crippen LogP contribution in [0.5, 0.6) is 5.75 Å². The van der Waals surface area contributed by atoms with E-state index in [0.29, 0.717) is 42.5 Å². The Morgan fingerprint density at radius 2 is 1.91 bits per heavy atom. The number of hydrogen-bond acceptors (Lipinski definition) is 6. The summed E-state index contributed by atoms with van der Waals surface area (Å²) in [6.45, 7) is 1.33. The highest BCUT2D eigenvalue weighted by molar-refractivity contribution is 7.89. The fourth-order valence-corrected chi connectivity index (χ4v) is 6.28. The summed E-state index contributed by atoms with van der Waals surface area (Å²) in [6.07, 6.45) is 2.91. The van der Waals surface area contributed by atoms with Gasteiger partial charge in [-0.15, -0.1) is 0 Å². The number of sulfonamides is 1. The molecule has 1 aromatic heterocycles. The van der Waals surface area contributed by atoms with Gasteiger partial charge in [-0.05, 0) is 55.3 Å². The zero-order valence-corrected chi connectivity index (χ0v) is 21.5. The van der Waals surface area contributed by atoms with Crippen molar-refractivity contribution >= 4 is 55.7 Å². The van der Waals surface area contributed by atoms with Gasteiger partial charge in [0, 0.05) is 53.5 Å². The number of ether oxygens (including phenoxy) is 1. The van der Waals surface area contributed by atoms with Crippen molar-refractivity contribution in [3.8, 4) is 5.75 Å². The number of hydrogen-bond donors (Lipinski definition) is 2. The first-order chi connectivity index (χ1) is 16.8. The van der Waals surface area contributed by atoms with Crippen molar-refractivity contribution < 1.29 is 17.9 Å². The Hall–Kier alpha value is -2.59. The van der Waals surface area contributed by atoms with Crippen LogP contribution in [-0.4, -0.2) is 56.9 Å². The molecule has 8 nitrogen and oxygen atoms in total. The monoisotopic (exact) mass is 536 g/mol. The summed E-state index contributed by atoms with van der Waals surface area (Å²) in [5.74, 6) is -0.387. The normalized spacial score (nSPS) is 16.7. The Bertz CT molecular complexity index is 1340. The largest absolute Gasteiger partial charge is 0.495 e. The summed E-state index contributed by atoms with van der Waals surface area (Å²) >= 11 is 12.1. The molecule has 3 aromatic rings. The molecule has 1 atom stereocenters. The van der Waals surface area contributed by atoms with Crippen LogP contribution in [0.2, 0.25) is 10.0 Å². The topological polar surface area (TPSA) is 101 Å². The van der Waals surface area contributed by atoms with Gasteiger partial charge in [-0.1, -0.05) is 23.2 Å². The minimum atomic E-state index is -3.86. The second-order valence-electron chi connectivity index (χ2n) is 8.24. The van der Waals surface area contributed by atoms with Crippen molar-refractivity contribution in [3.63, 3.8) is 0 Å². The molecule has 2 N–H and O–H groups in total. The first-order valence-corrected chi connectivity index (χ1v) is 13.4. The van der Waals surface area contributed by atoms with E-state index < -0.39 is 15.9 Å². The van der Waals surface area contributed by atoms with Gasteiger partial charge in [0.05, 0.1) is 18.5 Å². The quantitative estimate of drug-likeness (QED) is 0.419. The second kappa shape index (κ2) is 11.0. The fourth-order valence-electron chi connectivity index (χ4n) is 4.17. The first-order valence-electron chi connectivity index (χ1n) is 11.2. The van der Waals surface area contributed by atoms with E-state index in [9.17, 15) is 13.2 Å². The highest BCUT2D eigenvalue weighted by Crippen LogP contribution is 2.32. The van der Waals surface area contributed by atoms with E-state index >= 15 is 0 Å². The van der Waals surface area contributed by atoms with Gasteiger partial charge in [-0.2, -0.15) is 4.31 Å². The molecule has 1 saturated heterocycles. The van der Waals surface area contributed by atoms with Gasteiger partial charge in [0.2, 0.25) is 15.9 Å². The molecule has 11 heteroatoms. The summed E-state index contributed by atoms with van der Waals surface area (Å²) < 4.78 is 33.1. The molecule has 2 heterocycles. The smallest absolute Gasteiger partial charge is 0.246 e. The van der Waals surface area contributed by atoms with E-state index in [4.69, 9.17) is 27.9 Å². The van der Waals surface area contributed by atoms with E-state index in [2.05, 4.69) is 15.6 Å². The van der Waals surface area contributed by atoms with Crippen molar-refractivity contribution in [1.29, 1.82) is 0 Å². The Balaban J connectivity index is 1.35. The number of halogens is 2. The predicted octanol–water partition coefficient (Wildman–Crippen LogP) is 4.18. The second-order valence-corrected chi connectivity index (χ2v) is 11.0. The number of anilines is 1. The zero-order chi connectivity index (χ0) is 25.0. The zero-order valence-electron chi connectivity index (χ0n) is 19.1. The molecule has 1 fully saturated rings. The van der Waals surface area contributed by atoms with Gasteiger partial charge in [0.25, 0.3) is 0 Å². The van der Waals surface area contributed by atoms with E-state index in [1.807, 2.05) is 12.1 Å². The van der Waals surface area contributed by atoms with E-state index in [1.54, 1.807) is 24.4 Å². The van der Waals surface area contributed by atoms with Crippen LogP contribution in [0.1, 0.15) is 12.8 Å². The number of nitrogens with zero attached hydrogens (tertiary/aromatic N) is 2. The summed E-state index contributed by atoms with van der Waals surface area (Å²) in [7, 11) is -2.45. The lowest BCUT2D eigenvalue weighted by molar-refractivity contribution is -0.125. The number of nitrogens with one attached hydrogen (secondary N) is 2. The molecule has 1 aliphatic heterocycles. The number of carbonyl (C=O) groups excluding carboxylic acids is 1. The number of methoxy groups -OCH3 is 1. The molecular formula is C24H26Cl2N4O4S. The fraction of sp³-hybridized carbons (Fsp3) is 0.333. The van der Waals surface area contributed by atoms with E-state index in [0.717, 1.165) is 16.6 Å². The van der Waals surface area contributed by atoms with E-state index in [1.165, 1.54) is 23.5 Å². The van der Waals surface area contributed by atoms with Crippen LogP contribution in [0.3, 0.4) is 0 Å². The first kappa shape index (κ1) is 25.5. The molecule has 0 unspecified atom stereocenters. The number of rotatable bonds is 8. The third-order valence-electron chi connectivity index (χ3n) is 5.94. The number of aromatic nitrogens is 1. The minimum absolute atomic E-state index is 0.00335. The molecule has 0 bridgehead atoms. The van der Waals surface area contributed by atoms with Crippen molar-refractivity contribution in [2.45, 2.75) is 17.7 Å². The van der Waals surface area contributed by atoms with Crippen LogP contribution in [0.4, 0.5) is 5.69 Å². The molecular weight excluding hydrogens is 511 g/mol. The van der Waals surface area contributed by atoms with Crippen molar-refractivity contribution in [1.82, 2.24) is 14.6 Å². The third-order valence-corrected chi connectivity index (χ3v) is 8.30. The number of pyridine rings is 1. The molecule has 35 heavy (non-hydrogen) atoms. The SMILES string of the molecule is COc1ccc(Cl)cc1S(=O)(=O)N1CCC[C@H](C(=O)NCCNc2ccnc3cc(Cl)ccc23)C1. The van der Waals surface area contributed by atoms with Crippen molar-refractivity contribution in [2.24, 2.45) is 5.92 Å². The van der Waals surface area contributed by atoms with Crippen LogP contribution in [0.15, 0.2) is 53.6 Å². The molecule has 0 aliphatic carbocycles. The number of benzene rings is 2. The molecule has 4 rings (SSSR count). The molecule has 2 aromatic carbocycles. The van der Waals surface area contributed by atoms with Crippen LogP contribution >= 0.6 is 23.2 Å². The van der Waals surface area contributed by atoms with Gasteiger partial charge in [0.15, 0.2) is 0 Å². The van der Waals surface area contributed by atoms with Gasteiger partial charge < -0.3 is 15.4 Å². The van der Waals surface area contributed by atoms with Crippen LogP contribution in [0, 0.1) is 5.92 Å². The summed E-state index contributed by atoms with van der Waals surface area (Å²) in [5, 5.41) is 8.08. The number of carbonyl (C=O) groups is 1. The number of amides is 1. The third kappa shape index (κ3) is 5.81. The standard InChI is InChI=1S/C24H26Cl2N4O4S/c1-34-22-7-5-18(26)14-23(22)35(32,33)30-12-2-3-16(15-30)24(31)29-11-10-28-20-8-9-27-21-13-17(25)4-6-19(20)21/h4-9,13-14,16H,2-3,10-12,15H2,1H3,(H,27,28)(H,29,31)/t16-/m0/s1. The Labute approximate surface area is 214 Å². The maximum atomic E-state index is 13.3. The minimum Gasteiger partial charge on any atom is -0.495 e. The van der Waals surface area contributed by atoms with Gasteiger partial charge >= 0.3 is 0 Å². The Morgan fingerprint density at radius 1 is 1.14 bits per heavy atom. The Kier molecular flexibility index (Phi) is 8.01. The summed E-state index contributed by atoms with van der Waals surface area (Å²) in [6, 6.07) is 11.8. The summed E-state index contributed by atoms with van der Waals surface area (Å²) in [4.78, 5) is 17.1. The van der Waals surface area contributed by atoms with Crippen LogP contribution < -0.4 is 15.4 Å². The maximum absolute atomic E-state index is 13.3. The molecule has 0 spiro atoms. The number of fused-ring (bicyclic) bond motifs is 1. The molecule has 1 aliphatic rings. The average Bonchev–Trinajstić information content (AvgIpc) is 2.86. The lowest BCUT2D eigenvalue weighted by Crippen LogP contribution is -2.46.